The molecule has 33 heavy (non-hydrogen) atoms. The lowest BCUT2D eigenvalue weighted by atomic mass is 10.0. The van der Waals surface area contributed by atoms with Gasteiger partial charge in [-0.25, -0.2) is 9.18 Å². The van der Waals surface area contributed by atoms with Crippen LogP contribution in [-0.2, 0) is 20.9 Å². The van der Waals surface area contributed by atoms with Gasteiger partial charge in [-0.05, 0) is 43.2 Å². The van der Waals surface area contributed by atoms with E-state index in [2.05, 4.69) is 16.0 Å². The normalized spacial score (nSPS) is 21.1. The van der Waals surface area contributed by atoms with Crippen LogP contribution in [0.15, 0.2) is 53.8 Å². The average Bonchev–Trinajstić information content (AvgIpc) is 3.09. The first-order valence-electron chi connectivity index (χ1n) is 10.4. The Hall–Kier alpha value is -3.95. The highest BCUT2D eigenvalue weighted by molar-refractivity contribution is 6.07. The van der Waals surface area contributed by atoms with E-state index in [1.165, 1.54) is 30.1 Å². The fraction of sp³-hybridized carbons (Fsp3) is 0.304. The third-order valence-corrected chi connectivity index (χ3v) is 5.22. The maximum atomic E-state index is 14.2. The molecule has 0 spiro atoms. The summed E-state index contributed by atoms with van der Waals surface area (Å²) in [5, 5.41) is 7.58. The quantitative estimate of drug-likeness (QED) is 0.443. The molecular formula is C23H25FN4O5. The molecule has 4 amide bonds. The van der Waals surface area contributed by atoms with Crippen LogP contribution in [0.4, 0.5) is 9.18 Å². The van der Waals surface area contributed by atoms with Crippen LogP contribution in [0.2, 0.25) is 0 Å². The van der Waals surface area contributed by atoms with Crippen LogP contribution in [0.25, 0.3) is 0 Å². The molecule has 2 fully saturated rings. The summed E-state index contributed by atoms with van der Waals surface area (Å²) in [5.74, 6) is -1.46. The van der Waals surface area contributed by atoms with Gasteiger partial charge < -0.3 is 20.3 Å². The second-order valence-electron chi connectivity index (χ2n) is 7.45. The summed E-state index contributed by atoms with van der Waals surface area (Å²) >= 11 is 0. The number of hydrogen-bond donors (Lipinski definition) is 3. The lowest BCUT2D eigenvalue weighted by Gasteiger charge is -2.28. The van der Waals surface area contributed by atoms with Gasteiger partial charge >= 0.3 is 6.09 Å². The van der Waals surface area contributed by atoms with Crippen LogP contribution >= 0.6 is 0 Å². The molecule has 174 valence electrons. The van der Waals surface area contributed by atoms with Crippen molar-refractivity contribution in [3.63, 3.8) is 0 Å². The molecule has 3 N–H and O–H groups in total. The Morgan fingerprint density at radius 1 is 1.33 bits per heavy atom. The summed E-state index contributed by atoms with van der Waals surface area (Å²) in [7, 11) is 1.42. The van der Waals surface area contributed by atoms with Crippen molar-refractivity contribution in [3.8, 4) is 5.75 Å². The molecule has 0 aromatic heterocycles. The van der Waals surface area contributed by atoms with Crippen LogP contribution in [-0.4, -0.2) is 48.3 Å². The number of halogens is 1. The molecule has 3 rings (SSSR count). The highest BCUT2D eigenvalue weighted by Crippen LogP contribution is 2.28. The maximum absolute atomic E-state index is 14.2. The van der Waals surface area contributed by atoms with E-state index in [4.69, 9.17) is 4.74 Å². The molecule has 1 aromatic carbocycles. The number of ether oxygens (including phenoxy) is 1. The van der Waals surface area contributed by atoms with Crippen molar-refractivity contribution in [1.82, 2.24) is 20.9 Å². The van der Waals surface area contributed by atoms with Gasteiger partial charge in [-0.1, -0.05) is 12.2 Å². The predicted molar refractivity (Wildman–Crippen MR) is 117 cm³/mol. The van der Waals surface area contributed by atoms with Gasteiger partial charge in [0.25, 0.3) is 5.91 Å². The third-order valence-electron chi connectivity index (χ3n) is 5.22. The molecule has 2 saturated heterocycles. The number of piperidine rings is 1. The summed E-state index contributed by atoms with van der Waals surface area (Å²) in [6.45, 7) is 2.06. The zero-order valence-corrected chi connectivity index (χ0v) is 18.3. The predicted octanol–water partition coefficient (Wildman–Crippen LogP) is 1.67. The van der Waals surface area contributed by atoms with E-state index in [0.717, 1.165) is 0 Å². The minimum atomic E-state index is -0.730. The highest BCUT2D eigenvalue weighted by Gasteiger charge is 2.40. The van der Waals surface area contributed by atoms with Gasteiger partial charge in [0, 0.05) is 43.9 Å². The smallest absolute Gasteiger partial charge is 0.410 e. The summed E-state index contributed by atoms with van der Waals surface area (Å²) in [5.41, 5.74) is 1.29. The number of amides is 4. The van der Waals surface area contributed by atoms with Crippen molar-refractivity contribution in [2.24, 2.45) is 0 Å². The number of nitrogens with one attached hydrogen (secondary N) is 3. The number of rotatable bonds is 6. The molecule has 2 aliphatic rings. The monoisotopic (exact) mass is 456 g/mol. The topological polar surface area (TPSA) is 117 Å². The Morgan fingerprint density at radius 2 is 2.12 bits per heavy atom. The Kier molecular flexibility index (Phi) is 7.60. The van der Waals surface area contributed by atoms with Crippen molar-refractivity contribution in [2.45, 2.75) is 32.4 Å². The molecular weight excluding hydrogens is 431 g/mol. The van der Waals surface area contributed by atoms with Gasteiger partial charge in [-0.3, -0.25) is 19.7 Å². The van der Waals surface area contributed by atoms with E-state index in [1.54, 1.807) is 24.4 Å². The van der Waals surface area contributed by atoms with Gasteiger partial charge in [0.15, 0.2) is 0 Å². The molecule has 0 radical (unpaired) electrons. The number of hydrogen-bond acceptors (Lipinski definition) is 6. The lowest BCUT2D eigenvalue weighted by Crippen LogP contribution is -2.52. The van der Waals surface area contributed by atoms with E-state index in [0.29, 0.717) is 11.1 Å². The number of allylic oxidation sites excluding steroid dienone is 3. The molecule has 1 atom stereocenters. The van der Waals surface area contributed by atoms with Crippen LogP contribution < -0.4 is 20.7 Å². The number of likely N-dealkylation sites (tertiary alicyclic amines) is 1. The fourth-order valence-corrected chi connectivity index (χ4v) is 3.55. The summed E-state index contributed by atoms with van der Waals surface area (Å²) in [6.07, 6.45) is 6.50. The van der Waals surface area contributed by atoms with E-state index in [1.807, 2.05) is 6.92 Å². The summed E-state index contributed by atoms with van der Waals surface area (Å²) in [4.78, 5) is 49.5. The minimum absolute atomic E-state index is 0.0732. The highest BCUT2D eigenvalue weighted by atomic mass is 19.1. The van der Waals surface area contributed by atoms with Gasteiger partial charge in [0.1, 0.15) is 17.6 Å². The lowest BCUT2D eigenvalue weighted by molar-refractivity contribution is -0.142. The molecule has 0 aliphatic carbocycles. The molecule has 2 aliphatic heterocycles. The standard InChI is InChI=1S/C23H25FN4O5/c1-3-4-5-17-15(13-28(22(17)31)19-8-9-20(29)27-21(19)30)12-26-11-14-10-16(6-7-18(14)24)33-23(32)25-2/h3-7,10,12,19,26H,8-9,11,13H2,1-2H3,(H,25,32)(H,27,29,30)/b4-3-,15-12+,17-5+. The molecule has 2 heterocycles. The van der Waals surface area contributed by atoms with Crippen molar-refractivity contribution < 1.29 is 28.3 Å². The third kappa shape index (κ3) is 5.65. The largest absolute Gasteiger partial charge is 0.412 e. The van der Waals surface area contributed by atoms with Gasteiger partial charge in [0.2, 0.25) is 11.8 Å². The molecule has 1 unspecified atom stereocenters. The Labute approximate surface area is 190 Å². The molecule has 9 nitrogen and oxygen atoms in total. The number of benzene rings is 1. The first-order chi connectivity index (χ1) is 15.8. The van der Waals surface area contributed by atoms with Crippen molar-refractivity contribution >= 4 is 23.8 Å². The average molecular weight is 456 g/mol. The zero-order valence-electron chi connectivity index (χ0n) is 18.3. The Balaban J connectivity index is 1.76. The Morgan fingerprint density at radius 3 is 2.82 bits per heavy atom. The minimum Gasteiger partial charge on any atom is -0.410 e. The van der Waals surface area contributed by atoms with Crippen molar-refractivity contribution in [1.29, 1.82) is 0 Å². The van der Waals surface area contributed by atoms with Crippen LogP contribution in [0, 0.1) is 5.82 Å². The maximum Gasteiger partial charge on any atom is 0.412 e. The van der Waals surface area contributed by atoms with Gasteiger partial charge in [-0.15, -0.1) is 0 Å². The number of carbonyl (C=O) groups excluding carboxylic acids is 4. The fourth-order valence-electron chi connectivity index (χ4n) is 3.55. The van der Waals surface area contributed by atoms with Crippen LogP contribution in [0.5, 0.6) is 5.75 Å². The molecule has 10 heteroatoms. The second-order valence-corrected chi connectivity index (χ2v) is 7.45. The summed E-state index contributed by atoms with van der Waals surface area (Å²) in [6, 6.07) is 3.22. The SMILES string of the molecule is C\C=C/C=C1/C(=O)N(C2CCC(=O)NC2=O)C/C1=C\NCc1cc(OC(=O)NC)ccc1F. The van der Waals surface area contributed by atoms with Crippen molar-refractivity contribution in [3.05, 3.63) is 65.2 Å². The Bertz CT molecular complexity index is 1060. The molecule has 1 aromatic rings. The van der Waals surface area contributed by atoms with E-state index in [-0.39, 0.29) is 49.1 Å². The van der Waals surface area contributed by atoms with E-state index in [9.17, 15) is 23.6 Å². The second kappa shape index (κ2) is 10.6. The van der Waals surface area contributed by atoms with Crippen LogP contribution in [0.3, 0.4) is 0 Å². The first kappa shape index (κ1) is 23.7. The van der Waals surface area contributed by atoms with E-state index < -0.39 is 23.9 Å². The number of nitrogens with zero attached hydrogens (tertiary/aromatic N) is 1. The van der Waals surface area contributed by atoms with Gasteiger partial charge in [0.05, 0.1) is 0 Å². The molecule has 0 bridgehead atoms. The summed E-state index contributed by atoms with van der Waals surface area (Å²) < 4.78 is 19.2. The molecule has 0 saturated carbocycles. The van der Waals surface area contributed by atoms with Crippen LogP contribution in [0.1, 0.15) is 25.3 Å². The van der Waals surface area contributed by atoms with E-state index >= 15 is 0 Å². The number of imide groups is 1. The number of carbonyl (C=O) groups is 4. The van der Waals surface area contributed by atoms with Gasteiger partial charge in [-0.2, -0.15) is 0 Å². The first-order valence-corrected chi connectivity index (χ1v) is 10.4. The van der Waals surface area contributed by atoms with Crippen molar-refractivity contribution in [2.75, 3.05) is 13.6 Å². The zero-order chi connectivity index (χ0) is 24.0.